The highest BCUT2D eigenvalue weighted by molar-refractivity contribution is 7.12. The first-order valence-electron chi connectivity index (χ1n) is 7.98. The third-order valence-corrected chi connectivity index (χ3v) is 5.05. The summed E-state index contributed by atoms with van der Waals surface area (Å²) < 4.78 is 12.9. The molecule has 1 saturated heterocycles. The standard InChI is InChI=1S/C18H19FN2O2S/c19-15-6-3-14(4-7-15)5-8-17(22)20-9-11-21(12-10-20)18(23)16-2-1-13-24-16/h1-4,6-7,13H,5,8-12H2. The minimum atomic E-state index is -0.267. The van der Waals surface area contributed by atoms with Gasteiger partial charge in [0.1, 0.15) is 5.82 Å². The predicted octanol–water partition coefficient (Wildman–Crippen LogP) is 2.80. The molecule has 1 fully saturated rings. The molecule has 0 aliphatic carbocycles. The highest BCUT2D eigenvalue weighted by atomic mass is 32.1. The van der Waals surface area contributed by atoms with Crippen molar-refractivity contribution in [3.63, 3.8) is 0 Å². The molecule has 0 radical (unpaired) electrons. The number of halogens is 1. The molecule has 1 aromatic heterocycles. The molecule has 0 spiro atoms. The smallest absolute Gasteiger partial charge is 0.264 e. The van der Waals surface area contributed by atoms with Crippen LogP contribution < -0.4 is 0 Å². The number of benzene rings is 1. The Hall–Kier alpha value is -2.21. The zero-order valence-electron chi connectivity index (χ0n) is 13.3. The number of carbonyl (C=O) groups is 2. The number of amides is 2. The van der Waals surface area contributed by atoms with Crippen LogP contribution in [0, 0.1) is 5.82 Å². The van der Waals surface area contributed by atoms with Crippen molar-refractivity contribution in [1.29, 1.82) is 0 Å². The van der Waals surface area contributed by atoms with Gasteiger partial charge in [-0.25, -0.2) is 4.39 Å². The fraction of sp³-hybridized carbons (Fsp3) is 0.333. The first kappa shape index (κ1) is 16.6. The molecule has 1 aliphatic heterocycles. The molecule has 0 atom stereocenters. The summed E-state index contributed by atoms with van der Waals surface area (Å²) in [7, 11) is 0. The van der Waals surface area contributed by atoms with Crippen molar-refractivity contribution in [1.82, 2.24) is 9.80 Å². The van der Waals surface area contributed by atoms with Crippen LogP contribution in [0.1, 0.15) is 21.7 Å². The molecule has 3 rings (SSSR count). The Morgan fingerprint density at radius 2 is 1.67 bits per heavy atom. The first-order chi connectivity index (χ1) is 11.6. The summed E-state index contributed by atoms with van der Waals surface area (Å²) in [5, 5.41) is 1.89. The molecule has 6 heteroatoms. The van der Waals surface area contributed by atoms with Gasteiger partial charge in [-0.15, -0.1) is 11.3 Å². The zero-order valence-corrected chi connectivity index (χ0v) is 14.1. The molecule has 1 aliphatic rings. The van der Waals surface area contributed by atoms with Gasteiger partial charge in [-0.1, -0.05) is 18.2 Å². The number of nitrogens with zero attached hydrogens (tertiary/aromatic N) is 2. The maximum atomic E-state index is 12.9. The van der Waals surface area contributed by atoms with Crippen LogP contribution in [0.3, 0.4) is 0 Å². The van der Waals surface area contributed by atoms with Crippen molar-refractivity contribution in [2.45, 2.75) is 12.8 Å². The van der Waals surface area contributed by atoms with Crippen LogP contribution in [-0.2, 0) is 11.2 Å². The van der Waals surface area contributed by atoms with Crippen LogP contribution >= 0.6 is 11.3 Å². The summed E-state index contributed by atoms with van der Waals surface area (Å²) in [5.41, 5.74) is 0.955. The summed E-state index contributed by atoms with van der Waals surface area (Å²) in [6, 6.07) is 9.93. The molecule has 2 aromatic rings. The largest absolute Gasteiger partial charge is 0.339 e. The van der Waals surface area contributed by atoms with E-state index in [-0.39, 0.29) is 17.6 Å². The number of carbonyl (C=O) groups excluding carboxylic acids is 2. The molecule has 0 bridgehead atoms. The average Bonchev–Trinajstić information content (AvgIpc) is 3.15. The number of thiophene rings is 1. The molecule has 4 nitrogen and oxygen atoms in total. The van der Waals surface area contributed by atoms with Crippen LogP contribution in [0.2, 0.25) is 0 Å². The van der Waals surface area contributed by atoms with E-state index in [2.05, 4.69) is 0 Å². The van der Waals surface area contributed by atoms with Gasteiger partial charge in [0.2, 0.25) is 5.91 Å². The van der Waals surface area contributed by atoms with Crippen LogP contribution in [0.15, 0.2) is 41.8 Å². The van der Waals surface area contributed by atoms with E-state index in [9.17, 15) is 14.0 Å². The van der Waals surface area contributed by atoms with E-state index in [1.807, 2.05) is 22.4 Å². The normalized spacial score (nSPS) is 14.7. The number of hydrogen-bond donors (Lipinski definition) is 0. The Labute approximate surface area is 144 Å². The van der Waals surface area contributed by atoms with E-state index in [1.54, 1.807) is 17.0 Å². The van der Waals surface area contributed by atoms with Crippen LogP contribution in [0.25, 0.3) is 0 Å². The zero-order chi connectivity index (χ0) is 16.9. The molecular weight excluding hydrogens is 327 g/mol. The van der Waals surface area contributed by atoms with Crippen molar-refractivity contribution in [2.24, 2.45) is 0 Å². The van der Waals surface area contributed by atoms with E-state index in [0.29, 0.717) is 39.0 Å². The summed E-state index contributed by atoms with van der Waals surface area (Å²) in [6.45, 7) is 2.27. The molecule has 0 saturated carbocycles. The minimum Gasteiger partial charge on any atom is -0.339 e. The molecule has 24 heavy (non-hydrogen) atoms. The van der Waals surface area contributed by atoms with E-state index >= 15 is 0 Å². The van der Waals surface area contributed by atoms with Gasteiger partial charge in [0, 0.05) is 32.6 Å². The monoisotopic (exact) mass is 346 g/mol. The van der Waals surface area contributed by atoms with Gasteiger partial charge < -0.3 is 9.80 Å². The van der Waals surface area contributed by atoms with Gasteiger partial charge in [-0.3, -0.25) is 9.59 Å². The number of rotatable bonds is 4. The van der Waals surface area contributed by atoms with Gasteiger partial charge in [0.25, 0.3) is 5.91 Å². The molecule has 0 unspecified atom stereocenters. The Bertz CT molecular complexity index is 692. The van der Waals surface area contributed by atoms with Gasteiger partial charge in [0.15, 0.2) is 0 Å². The fourth-order valence-electron chi connectivity index (χ4n) is 2.78. The SMILES string of the molecule is O=C(CCc1ccc(F)cc1)N1CCN(C(=O)c2cccs2)CC1. The first-order valence-corrected chi connectivity index (χ1v) is 8.86. The van der Waals surface area contributed by atoms with E-state index in [0.717, 1.165) is 10.4 Å². The van der Waals surface area contributed by atoms with Crippen molar-refractivity contribution in [3.05, 3.63) is 58.0 Å². The fourth-order valence-corrected chi connectivity index (χ4v) is 3.47. The van der Waals surface area contributed by atoms with Gasteiger partial charge in [-0.05, 0) is 35.6 Å². The second-order valence-electron chi connectivity index (χ2n) is 5.78. The number of piperazine rings is 1. The van der Waals surface area contributed by atoms with Gasteiger partial charge >= 0.3 is 0 Å². The minimum absolute atomic E-state index is 0.0448. The van der Waals surface area contributed by atoms with Gasteiger partial charge in [-0.2, -0.15) is 0 Å². The van der Waals surface area contributed by atoms with Gasteiger partial charge in [0.05, 0.1) is 4.88 Å². The summed E-state index contributed by atoms with van der Waals surface area (Å²) >= 11 is 1.44. The lowest BCUT2D eigenvalue weighted by molar-refractivity contribution is -0.132. The van der Waals surface area contributed by atoms with E-state index in [1.165, 1.54) is 23.5 Å². The topological polar surface area (TPSA) is 40.6 Å². The maximum absolute atomic E-state index is 12.9. The highest BCUT2D eigenvalue weighted by Gasteiger charge is 2.24. The molecular formula is C18H19FN2O2S. The third-order valence-electron chi connectivity index (χ3n) is 4.19. The van der Waals surface area contributed by atoms with Crippen LogP contribution in [0.4, 0.5) is 4.39 Å². The second kappa shape index (κ2) is 7.57. The Kier molecular flexibility index (Phi) is 5.25. The number of aryl methyl sites for hydroxylation is 1. The molecule has 126 valence electrons. The second-order valence-corrected chi connectivity index (χ2v) is 6.72. The molecule has 2 amide bonds. The van der Waals surface area contributed by atoms with Crippen LogP contribution in [0.5, 0.6) is 0 Å². The summed E-state index contributed by atoms with van der Waals surface area (Å²) in [6.07, 6.45) is 1.01. The average molecular weight is 346 g/mol. The highest BCUT2D eigenvalue weighted by Crippen LogP contribution is 2.14. The summed E-state index contributed by atoms with van der Waals surface area (Å²) in [4.78, 5) is 28.9. The Morgan fingerprint density at radius 1 is 1.00 bits per heavy atom. The molecule has 0 N–H and O–H groups in total. The van der Waals surface area contributed by atoms with Crippen molar-refractivity contribution < 1.29 is 14.0 Å². The van der Waals surface area contributed by atoms with Crippen molar-refractivity contribution >= 4 is 23.2 Å². The lowest BCUT2D eigenvalue weighted by atomic mass is 10.1. The Morgan fingerprint density at radius 3 is 2.29 bits per heavy atom. The van der Waals surface area contributed by atoms with E-state index < -0.39 is 0 Å². The number of hydrogen-bond acceptors (Lipinski definition) is 3. The Balaban J connectivity index is 1.46. The van der Waals surface area contributed by atoms with Crippen molar-refractivity contribution in [3.8, 4) is 0 Å². The lowest BCUT2D eigenvalue weighted by Gasteiger charge is -2.34. The van der Waals surface area contributed by atoms with Crippen molar-refractivity contribution in [2.75, 3.05) is 26.2 Å². The van der Waals surface area contributed by atoms with Crippen LogP contribution in [-0.4, -0.2) is 47.8 Å². The quantitative estimate of drug-likeness (QED) is 0.854. The maximum Gasteiger partial charge on any atom is 0.264 e. The molecule has 1 aromatic carbocycles. The third kappa shape index (κ3) is 4.00. The molecule has 2 heterocycles. The van der Waals surface area contributed by atoms with E-state index in [4.69, 9.17) is 0 Å². The lowest BCUT2D eigenvalue weighted by Crippen LogP contribution is -2.50. The predicted molar refractivity (Wildman–Crippen MR) is 91.5 cm³/mol. The summed E-state index contributed by atoms with van der Waals surface area (Å²) in [5.74, 6) is -0.137.